The van der Waals surface area contributed by atoms with Crippen LogP contribution in [0.25, 0.3) is 0 Å². The van der Waals surface area contributed by atoms with Gasteiger partial charge in [-0.25, -0.2) is 8.42 Å². The summed E-state index contributed by atoms with van der Waals surface area (Å²) < 4.78 is 63.4. The molecule has 0 aromatic heterocycles. The van der Waals surface area contributed by atoms with E-state index in [0.717, 1.165) is 0 Å². The molecule has 1 fully saturated rings. The average Bonchev–Trinajstić information content (AvgIpc) is 3.11. The highest BCUT2D eigenvalue weighted by Crippen LogP contribution is 2.49. The van der Waals surface area contributed by atoms with Crippen molar-refractivity contribution >= 4 is 27.5 Å². The summed E-state index contributed by atoms with van der Waals surface area (Å²) >= 11 is 1.20. The number of hydrogen-bond acceptors (Lipinski definition) is 4. The van der Waals surface area contributed by atoms with Crippen molar-refractivity contribution in [2.45, 2.75) is 29.5 Å². The van der Waals surface area contributed by atoms with E-state index in [0.29, 0.717) is 10.6 Å². The van der Waals surface area contributed by atoms with Gasteiger partial charge in [-0.05, 0) is 25.0 Å². The first-order valence-electron chi connectivity index (χ1n) is 6.21. The number of nitrogens with two attached hydrogens (primary N) is 1. The molecule has 1 aliphatic rings. The minimum absolute atomic E-state index is 0.136. The Morgan fingerprint density at radius 3 is 2.43 bits per heavy atom. The molecular weight excluding hydrogens is 325 g/mol. The fourth-order valence-corrected chi connectivity index (χ4v) is 4.65. The van der Waals surface area contributed by atoms with Crippen LogP contribution < -0.4 is 10.5 Å². The van der Waals surface area contributed by atoms with Gasteiger partial charge in [-0.3, -0.25) is 0 Å². The van der Waals surface area contributed by atoms with E-state index < -0.39 is 21.7 Å². The molecule has 1 aromatic carbocycles. The van der Waals surface area contributed by atoms with E-state index in [4.69, 9.17) is 5.73 Å². The van der Waals surface area contributed by atoms with Crippen LogP contribution in [-0.4, -0.2) is 31.6 Å². The van der Waals surface area contributed by atoms with Gasteiger partial charge in [-0.15, -0.1) is 11.8 Å². The molecule has 2 rings (SSSR count). The van der Waals surface area contributed by atoms with Gasteiger partial charge in [-0.1, -0.05) is 12.1 Å². The first-order valence-corrected chi connectivity index (χ1v) is 8.85. The van der Waals surface area contributed by atoms with Gasteiger partial charge in [0.2, 0.25) is 10.0 Å². The summed E-state index contributed by atoms with van der Waals surface area (Å²) in [6.07, 6.45) is -4.94. The lowest BCUT2D eigenvalue weighted by atomic mass is 10.3. The molecule has 0 atom stereocenters. The van der Waals surface area contributed by atoms with Crippen molar-refractivity contribution in [3.05, 3.63) is 24.3 Å². The van der Waals surface area contributed by atoms with Gasteiger partial charge in [0.05, 0.1) is 5.75 Å². The monoisotopic (exact) mass is 340 g/mol. The Morgan fingerprint density at radius 2 is 1.90 bits per heavy atom. The third kappa shape index (κ3) is 4.04. The number of halogens is 3. The largest absolute Gasteiger partial charge is 0.407 e. The van der Waals surface area contributed by atoms with E-state index in [9.17, 15) is 21.6 Å². The van der Waals surface area contributed by atoms with Gasteiger partial charge in [0, 0.05) is 16.3 Å². The molecule has 0 unspecified atom stereocenters. The van der Waals surface area contributed by atoms with E-state index in [1.54, 1.807) is 29.0 Å². The molecule has 3 N–H and O–H groups in total. The molecule has 0 heterocycles. The van der Waals surface area contributed by atoms with Crippen LogP contribution in [0.2, 0.25) is 0 Å². The van der Waals surface area contributed by atoms with Crippen LogP contribution in [0.15, 0.2) is 29.2 Å². The van der Waals surface area contributed by atoms with Crippen molar-refractivity contribution in [1.29, 1.82) is 0 Å². The third-order valence-electron chi connectivity index (χ3n) is 3.17. The number of benzene rings is 1. The van der Waals surface area contributed by atoms with Crippen molar-refractivity contribution < 1.29 is 21.6 Å². The molecule has 1 aliphatic carbocycles. The molecule has 9 heteroatoms. The fourth-order valence-electron chi connectivity index (χ4n) is 1.79. The number of sulfonamides is 1. The van der Waals surface area contributed by atoms with Crippen LogP contribution >= 0.6 is 11.8 Å². The SMILES string of the molecule is Nc1ccccc1SCCS(=O)(=O)NC1(C(F)(F)F)CC1. The van der Waals surface area contributed by atoms with Gasteiger partial charge in [0.25, 0.3) is 0 Å². The standard InChI is InChI=1S/C12H15F3N2O2S2/c13-12(14,15)11(5-6-11)17-21(18,19)8-7-20-10-4-2-1-3-9(10)16/h1-4,17H,5-8,16H2. The lowest BCUT2D eigenvalue weighted by Crippen LogP contribution is -2.48. The van der Waals surface area contributed by atoms with Crippen LogP contribution in [0.1, 0.15) is 12.8 Å². The lowest BCUT2D eigenvalue weighted by Gasteiger charge is -2.20. The van der Waals surface area contributed by atoms with E-state index in [1.807, 2.05) is 0 Å². The van der Waals surface area contributed by atoms with Gasteiger partial charge in [0.1, 0.15) is 5.54 Å². The summed E-state index contributed by atoms with van der Waals surface area (Å²) in [5.41, 5.74) is 3.97. The van der Waals surface area contributed by atoms with Crippen molar-refractivity contribution in [3.8, 4) is 0 Å². The third-order valence-corrected chi connectivity index (χ3v) is 5.96. The van der Waals surface area contributed by atoms with Gasteiger partial charge in [-0.2, -0.15) is 17.9 Å². The number of para-hydroxylation sites is 1. The zero-order valence-corrected chi connectivity index (χ0v) is 12.6. The summed E-state index contributed by atoms with van der Waals surface area (Å²) in [6, 6.07) is 6.92. The van der Waals surface area contributed by atoms with Crippen molar-refractivity contribution in [1.82, 2.24) is 4.72 Å². The Kier molecular flexibility index (Phi) is 4.46. The second-order valence-electron chi connectivity index (χ2n) is 4.89. The molecule has 0 aliphatic heterocycles. The Morgan fingerprint density at radius 1 is 1.29 bits per heavy atom. The highest BCUT2D eigenvalue weighted by Gasteiger charge is 2.65. The van der Waals surface area contributed by atoms with Crippen LogP contribution in [0.4, 0.5) is 18.9 Å². The topological polar surface area (TPSA) is 72.2 Å². The van der Waals surface area contributed by atoms with E-state index in [-0.39, 0.29) is 24.3 Å². The minimum atomic E-state index is -4.54. The number of hydrogen-bond donors (Lipinski definition) is 2. The first-order chi connectivity index (χ1) is 9.65. The van der Waals surface area contributed by atoms with Crippen LogP contribution in [0.5, 0.6) is 0 Å². The Balaban J connectivity index is 1.90. The van der Waals surface area contributed by atoms with E-state index in [2.05, 4.69) is 0 Å². The van der Waals surface area contributed by atoms with Crippen LogP contribution in [0, 0.1) is 0 Å². The highest BCUT2D eigenvalue weighted by molar-refractivity contribution is 8.00. The number of alkyl halides is 3. The van der Waals surface area contributed by atoms with Crippen LogP contribution in [0.3, 0.4) is 0 Å². The summed E-state index contributed by atoms with van der Waals surface area (Å²) in [5, 5.41) is 0. The zero-order valence-electron chi connectivity index (χ0n) is 11.0. The van der Waals surface area contributed by atoms with Crippen LogP contribution in [-0.2, 0) is 10.0 Å². The number of thioether (sulfide) groups is 1. The lowest BCUT2D eigenvalue weighted by molar-refractivity contribution is -0.160. The molecule has 0 saturated heterocycles. The Bertz CT molecular complexity index is 613. The number of anilines is 1. The molecule has 1 saturated carbocycles. The van der Waals surface area contributed by atoms with Crippen molar-refractivity contribution in [2.75, 3.05) is 17.2 Å². The quantitative estimate of drug-likeness (QED) is 0.616. The molecule has 118 valence electrons. The van der Waals surface area contributed by atoms with Crippen molar-refractivity contribution in [2.24, 2.45) is 0 Å². The molecular formula is C12H15F3N2O2S2. The molecule has 4 nitrogen and oxygen atoms in total. The molecule has 21 heavy (non-hydrogen) atoms. The number of nitrogen functional groups attached to an aromatic ring is 1. The second-order valence-corrected chi connectivity index (χ2v) is 7.87. The summed E-state index contributed by atoms with van der Waals surface area (Å²) in [4.78, 5) is 0.713. The maximum atomic E-state index is 12.7. The molecule has 0 radical (unpaired) electrons. The smallest absolute Gasteiger partial charge is 0.398 e. The first kappa shape index (κ1) is 16.4. The van der Waals surface area contributed by atoms with Gasteiger partial charge >= 0.3 is 6.18 Å². The maximum absolute atomic E-state index is 12.7. The average molecular weight is 340 g/mol. The number of rotatable bonds is 6. The number of nitrogens with one attached hydrogen (secondary N) is 1. The molecule has 0 bridgehead atoms. The minimum Gasteiger partial charge on any atom is -0.398 e. The zero-order chi connectivity index (χ0) is 15.7. The second kappa shape index (κ2) is 5.69. The normalized spacial score (nSPS) is 17.7. The van der Waals surface area contributed by atoms with Gasteiger partial charge in [0.15, 0.2) is 0 Å². The highest BCUT2D eigenvalue weighted by atomic mass is 32.2. The van der Waals surface area contributed by atoms with Gasteiger partial charge < -0.3 is 5.73 Å². The summed E-state index contributed by atoms with van der Waals surface area (Å²) in [6.45, 7) is 0. The Hall–Kier alpha value is -0.930. The predicted molar refractivity (Wildman–Crippen MR) is 76.5 cm³/mol. The fraction of sp³-hybridized carbons (Fsp3) is 0.500. The van der Waals surface area contributed by atoms with Crippen molar-refractivity contribution in [3.63, 3.8) is 0 Å². The molecule has 1 aromatic rings. The summed E-state index contributed by atoms with van der Waals surface area (Å²) in [5.74, 6) is -0.249. The molecule has 0 amide bonds. The maximum Gasteiger partial charge on any atom is 0.407 e. The van der Waals surface area contributed by atoms with E-state index in [1.165, 1.54) is 11.8 Å². The summed E-state index contributed by atoms with van der Waals surface area (Å²) in [7, 11) is -3.97. The van der Waals surface area contributed by atoms with E-state index >= 15 is 0 Å². The Labute approximate surface area is 125 Å². The molecule has 0 spiro atoms. The predicted octanol–water partition coefficient (Wildman–Crippen LogP) is 2.38.